The topological polar surface area (TPSA) is 60.2 Å². The Morgan fingerprint density at radius 3 is 2.31 bits per heavy atom. The van der Waals surface area contributed by atoms with Gasteiger partial charge in [-0.1, -0.05) is 42.5 Å². The maximum absolute atomic E-state index is 12.8. The van der Waals surface area contributed by atoms with Crippen LogP contribution in [0.2, 0.25) is 0 Å². The summed E-state index contributed by atoms with van der Waals surface area (Å²) in [4.78, 5) is 0. The van der Waals surface area contributed by atoms with Gasteiger partial charge in [-0.25, -0.2) is 0 Å². The van der Waals surface area contributed by atoms with E-state index in [1.54, 1.807) is 35.9 Å². The van der Waals surface area contributed by atoms with Crippen LogP contribution >= 0.6 is 0 Å². The summed E-state index contributed by atoms with van der Waals surface area (Å²) < 4.78 is 45.8. The molecule has 1 aromatic heterocycles. The van der Waals surface area contributed by atoms with Crippen LogP contribution < -0.4 is 4.74 Å². The molecule has 0 amide bonds. The summed E-state index contributed by atoms with van der Waals surface area (Å²) in [7, 11) is 1.76. The van der Waals surface area contributed by atoms with Crippen LogP contribution in [-0.4, -0.2) is 19.9 Å². The number of rotatable bonds is 6. The van der Waals surface area contributed by atoms with Crippen molar-refractivity contribution in [3.05, 3.63) is 102 Å². The van der Waals surface area contributed by atoms with Gasteiger partial charge in [0, 0.05) is 7.05 Å². The Morgan fingerprint density at radius 1 is 0.969 bits per heavy atom. The molecular formula is C24H20F3N3O2. The molecule has 1 unspecified atom stereocenters. The minimum absolute atomic E-state index is 0.291. The largest absolute Gasteiger partial charge is 0.489 e. The monoisotopic (exact) mass is 439 g/mol. The zero-order valence-electron chi connectivity index (χ0n) is 17.1. The number of nitrogens with zero attached hydrogens (tertiary/aromatic N) is 3. The molecule has 1 atom stereocenters. The number of hydrogen-bond donors (Lipinski definition) is 1. The number of aromatic nitrogens is 3. The van der Waals surface area contributed by atoms with Crippen molar-refractivity contribution in [2.45, 2.75) is 18.9 Å². The number of aliphatic hydroxyl groups excluding tert-OH is 1. The fourth-order valence-electron chi connectivity index (χ4n) is 3.29. The van der Waals surface area contributed by atoms with Crippen LogP contribution in [0.3, 0.4) is 0 Å². The Kier molecular flexibility index (Phi) is 5.96. The molecule has 32 heavy (non-hydrogen) atoms. The van der Waals surface area contributed by atoms with Crippen molar-refractivity contribution in [1.29, 1.82) is 0 Å². The van der Waals surface area contributed by atoms with E-state index in [-0.39, 0.29) is 0 Å². The van der Waals surface area contributed by atoms with Gasteiger partial charge in [-0.15, -0.1) is 10.2 Å². The Morgan fingerprint density at radius 2 is 1.69 bits per heavy atom. The van der Waals surface area contributed by atoms with Crippen LogP contribution in [0.25, 0.3) is 11.1 Å². The van der Waals surface area contributed by atoms with Gasteiger partial charge in [-0.05, 0) is 52.6 Å². The second-order valence-corrected chi connectivity index (χ2v) is 7.34. The molecule has 3 aromatic carbocycles. The smallest absolute Gasteiger partial charge is 0.416 e. The second-order valence-electron chi connectivity index (χ2n) is 7.34. The third-order valence-electron chi connectivity index (χ3n) is 5.06. The minimum atomic E-state index is -4.35. The molecule has 4 aromatic rings. The molecule has 0 aliphatic carbocycles. The molecule has 8 heteroatoms. The molecule has 0 saturated heterocycles. The van der Waals surface area contributed by atoms with E-state index in [2.05, 4.69) is 10.2 Å². The summed E-state index contributed by atoms with van der Waals surface area (Å²) in [6.07, 6.45) is -3.72. The molecule has 0 saturated carbocycles. The molecule has 0 bridgehead atoms. The fraction of sp³-hybridized carbons (Fsp3) is 0.167. The van der Waals surface area contributed by atoms with Crippen molar-refractivity contribution in [2.75, 3.05) is 0 Å². The van der Waals surface area contributed by atoms with Gasteiger partial charge in [0.25, 0.3) is 0 Å². The van der Waals surface area contributed by atoms with Gasteiger partial charge < -0.3 is 14.4 Å². The van der Waals surface area contributed by atoms with Crippen LogP contribution in [0.15, 0.2) is 79.1 Å². The van der Waals surface area contributed by atoms with Gasteiger partial charge in [0.1, 0.15) is 24.8 Å². The van der Waals surface area contributed by atoms with Gasteiger partial charge in [-0.2, -0.15) is 13.2 Å². The normalized spacial score (nSPS) is 12.5. The predicted octanol–water partition coefficient (Wildman–Crippen LogP) is 5.16. The van der Waals surface area contributed by atoms with Crippen LogP contribution in [-0.2, 0) is 19.8 Å². The van der Waals surface area contributed by atoms with E-state index in [1.165, 1.54) is 18.5 Å². The van der Waals surface area contributed by atoms with Gasteiger partial charge >= 0.3 is 6.18 Å². The Bertz CT molecular complexity index is 1190. The molecule has 0 fully saturated rings. The zero-order chi connectivity index (χ0) is 22.7. The van der Waals surface area contributed by atoms with Crippen LogP contribution in [0.5, 0.6) is 5.75 Å². The summed E-state index contributed by atoms with van der Waals surface area (Å²) in [5.41, 5.74) is 2.38. The summed E-state index contributed by atoms with van der Waals surface area (Å²) >= 11 is 0. The number of halogens is 3. The van der Waals surface area contributed by atoms with Crippen molar-refractivity contribution in [3.63, 3.8) is 0 Å². The number of alkyl halides is 3. The molecule has 5 nitrogen and oxygen atoms in total. The molecule has 1 N–H and O–H groups in total. The number of ether oxygens (including phenoxy) is 1. The minimum Gasteiger partial charge on any atom is -0.489 e. The van der Waals surface area contributed by atoms with E-state index in [4.69, 9.17) is 4.74 Å². The van der Waals surface area contributed by atoms with E-state index < -0.39 is 17.8 Å². The lowest BCUT2D eigenvalue weighted by Gasteiger charge is -2.12. The maximum Gasteiger partial charge on any atom is 0.416 e. The molecule has 0 aliphatic rings. The Balaban J connectivity index is 1.42. The van der Waals surface area contributed by atoms with Gasteiger partial charge in [0.2, 0.25) is 0 Å². The highest BCUT2D eigenvalue weighted by molar-refractivity contribution is 5.64. The van der Waals surface area contributed by atoms with E-state index in [0.717, 1.165) is 23.3 Å². The highest BCUT2D eigenvalue weighted by Gasteiger charge is 2.29. The first kappa shape index (κ1) is 21.6. The van der Waals surface area contributed by atoms with Crippen LogP contribution in [0, 0.1) is 0 Å². The number of aliphatic hydroxyl groups is 1. The number of aryl methyl sites for hydroxylation is 1. The van der Waals surface area contributed by atoms with Gasteiger partial charge in [0.15, 0.2) is 5.82 Å². The summed E-state index contributed by atoms with van der Waals surface area (Å²) in [5.74, 6) is 1.07. The fourth-order valence-corrected chi connectivity index (χ4v) is 3.29. The standard InChI is InChI=1S/C24H20F3N3O2/c1-30-15-28-29-23(30)22(31)18-7-11-21(12-8-18)32-14-16-3-2-4-19(13-16)17-5-9-20(10-6-17)24(25,26)27/h2-13,15,22,31H,14H2,1H3. The zero-order valence-corrected chi connectivity index (χ0v) is 17.1. The molecule has 164 valence electrons. The van der Waals surface area contributed by atoms with Gasteiger partial charge in [-0.3, -0.25) is 0 Å². The molecule has 1 heterocycles. The summed E-state index contributed by atoms with van der Waals surface area (Å²) in [5, 5.41) is 18.1. The molecular weight excluding hydrogens is 419 g/mol. The lowest BCUT2D eigenvalue weighted by Crippen LogP contribution is -2.07. The lowest BCUT2D eigenvalue weighted by atomic mass is 10.0. The Labute approximate surface area is 182 Å². The van der Waals surface area contributed by atoms with Crippen molar-refractivity contribution in [3.8, 4) is 16.9 Å². The van der Waals surface area contributed by atoms with Gasteiger partial charge in [0.05, 0.1) is 5.56 Å². The summed E-state index contributed by atoms with van der Waals surface area (Å²) in [6, 6.07) is 19.6. The first-order valence-electron chi connectivity index (χ1n) is 9.82. The maximum atomic E-state index is 12.8. The van der Waals surface area contributed by atoms with Crippen molar-refractivity contribution >= 4 is 0 Å². The van der Waals surface area contributed by atoms with Crippen LogP contribution in [0.4, 0.5) is 13.2 Å². The molecule has 0 aliphatic heterocycles. The van der Waals surface area contributed by atoms with Crippen molar-refractivity contribution < 1.29 is 23.0 Å². The van der Waals surface area contributed by atoms with E-state index in [1.807, 2.05) is 24.3 Å². The number of hydrogen-bond acceptors (Lipinski definition) is 4. The van der Waals surface area contributed by atoms with Crippen LogP contribution in [0.1, 0.15) is 28.6 Å². The van der Waals surface area contributed by atoms with E-state index in [0.29, 0.717) is 29.3 Å². The lowest BCUT2D eigenvalue weighted by molar-refractivity contribution is -0.137. The highest BCUT2D eigenvalue weighted by Crippen LogP contribution is 2.31. The molecule has 0 spiro atoms. The second kappa shape index (κ2) is 8.84. The van der Waals surface area contributed by atoms with Crippen molar-refractivity contribution in [2.24, 2.45) is 7.05 Å². The molecule has 4 rings (SSSR count). The SMILES string of the molecule is Cn1cnnc1C(O)c1ccc(OCc2cccc(-c3ccc(C(F)(F)F)cc3)c2)cc1. The quantitative estimate of drug-likeness (QED) is 0.451. The highest BCUT2D eigenvalue weighted by atomic mass is 19.4. The molecule has 0 radical (unpaired) electrons. The van der Waals surface area contributed by atoms with E-state index >= 15 is 0 Å². The first-order valence-corrected chi connectivity index (χ1v) is 9.82. The third-order valence-corrected chi connectivity index (χ3v) is 5.06. The summed E-state index contributed by atoms with van der Waals surface area (Å²) in [6.45, 7) is 0.291. The van der Waals surface area contributed by atoms with E-state index in [9.17, 15) is 18.3 Å². The van der Waals surface area contributed by atoms with Crippen molar-refractivity contribution in [1.82, 2.24) is 14.8 Å². The third kappa shape index (κ3) is 4.81. The first-order chi connectivity index (χ1) is 15.3. The average molecular weight is 439 g/mol. The average Bonchev–Trinajstić information content (AvgIpc) is 3.23. The predicted molar refractivity (Wildman–Crippen MR) is 113 cm³/mol. The number of benzene rings is 3. The Hall–Kier alpha value is -3.65.